The van der Waals surface area contributed by atoms with Crippen LogP contribution in [0.4, 0.5) is 5.69 Å². The van der Waals surface area contributed by atoms with E-state index in [1.807, 2.05) is 24.3 Å². The predicted octanol–water partition coefficient (Wildman–Crippen LogP) is 3.34. The molecule has 1 aromatic rings. The van der Waals surface area contributed by atoms with Gasteiger partial charge in [-0.25, -0.2) is 0 Å². The summed E-state index contributed by atoms with van der Waals surface area (Å²) in [4.78, 5) is 12.0. The summed E-state index contributed by atoms with van der Waals surface area (Å²) in [5.74, 6) is 1.67. The number of anilines is 1. The van der Waals surface area contributed by atoms with Gasteiger partial charge in [-0.3, -0.25) is 4.79 Å². The van der Waals surface area contributed by atoms with E-state index in [0.29, 0.717) is 18.4 Å². The number of benzene rings is 1. The lowest BCUT2D eigenvalue weighted by Crippen LogP contribution is -2.15. The van der Waals surface area contributed by atoms with Crippen molar-refractivity contribution in [3.8, 4) is 5.75 Å². The van der Waals surface area contributed by atoms with Gasteiger partial charge in [0, 0.05) is 12.1 Å². The predicted molar refractivity (Wildman–Crippen MR) is 88.2 cm³/mol. The van der Waals surface area contributed by atoms with E-state index in [1.54, 1.807) is 0 Å². The Morgan fingerprint density at radius 3 is 2.64 bits per heavy atom. The van der Waals surface area contributed by atoms with E-state index in [2.05, 4.69) is 10.6 Å². The van der Waals surface area contributed by atoms with Gasteiger partial charge in [-0.1, -0.05) is 0 Å². The SMILES string of the molecule is O=C(CCC1CCNC1)Nc1ccc(OC2CCCC2)cc1. The fourth-order valence-electron chi connectivity index (χ4n) is 3.34. The van der Waals surface area contributed by atoms with Crippen LogP contribution >= 0.6 is 0 Å². The van der Waals surface area contributed by atoms with Gasteiger partial charge in [0.05, 0.1) is 6.10 Å². The maximum absolute atomic E-state index is 12.0. The van der Waals surface area contributed by atoms with Crippen LogP contribution in [0, 0.1) is 5.92 Å². The zero-order valence-corrected chi connectivity index (χ0v) is 13.1. The van der Waals surface area contributed by atoms with Crippen molar-refractivity contribution in [3.05, 3.63) is 24.3 Å². The minimum absolute atomic E-state index is 0.108. The Morgan fingerprint density at radius 1 is 1.18 bits per heavy atom. The minimum Gasteiger partial charge on any atom is -0.490 e. The fourth-order valence-corrected chi connectivity index (χ4v) is 3.34. The topological polar surface area (TPSA) is 50.4 Å². The lowest BCUT2D eigenvalue weighted by molar-refractivity contribution is -0.116. The van der Waals surface area contributed by atoms with Gasteiger partial charge in [0.1, 0.15) is 5.75 Å². The van der Waals surface area contributed by atoms with Crippen molar-refractivity contribution >= 4 is 11.6 Å². The smallest absolute Gasteiger partial charge is 0.224 e. The van der Waals surface area contributed by atoms with Crippen LogP contribution in [0.15, 0.2) is 24.3 Å². The van der Waals surface area contributed by atoms with Gasteiger partial charge < -0.3 is 15.4 Å². The number of hydrogen-bond acceptors (Lipinski definition) is 3. The monoisotopic (exact) mass is 302 g/mol. The van der Waals surface area contributed by atoms with E-state index in [4.69, 9.17) is 4.74 Å². The molecule has 120 valence electrons. The average Bonchev–Trinajstić information content (AvgIpc) is 3.20. The first-order valence-corrected chi connectivity index (χ1v) is 8.57. The molecule has 1 aromatic carbocycles. The highest BCUT2D eigenvalue weighted by Gasteiger charge is 2.17. The minimum atomic E-state index is 0.108. The van der Waals surface area contributed by atoms with E-state index < -0.39 is 0 Å². The standard InChI is InChI=1S/C18H26N2O2/c21-18(10-5-14-11-12-19-13-14)20-15-6-8-17(9-7-15)22-16-3-1-2-4-16/h6-9,14,16,19H,1-5,10-13H2,(H,20,21). The Morgan fingerprint density at radius 2 is 1.95 bits per heavy atom. The van der Waals surface area contributed by atoms with Crippen LogP contribution in [0.25, 0.3) is 0 Å². The third kappa shape index (κ3) is 4.47. The highest BCUT2D eigenvalue weighted by molar-refractivity contribution is 5.90. The summed E-state index contributed by atoms with van der Waals surface area (Å²) in [7, 11) is 0. The second kappa shape index (κ2) is 7.63. The van der Waals surface area contributed by atoms with E-state index in [0.717, 1.165) is 43.8 Å². The Balaban J connectivity index is 1.42. The van der Waals surface area contributed by atoms with Crippen molar-refractivity contribution in [1.29, 1.82) is 0 Å². The van der Waals surface area contributed by atoms with Crippen LogP contribution in [0.5, 0.6) is 5.75 Å². The Bertz CT molecular complexity index is 474. The van der Waals surface area contributed by atoms with Crippen molar-refractivity contribution in [1.82, 2.24) is 5.32 Å². The molecule has 3 rings (SSSR count). The number of amides is 1. The van der Waals surface area contributed by atoms with E-state index in [9.17, 15) is 4.79 Å². The van der Waals surface area contributed by atoms with Gasteiger partial charge in [-0.2, -0.15) is 0 Å². The summed E-state index contributed by atoms with van der Waals surface area (Å²) >= 11 is 0. The van der Waals surface area contributed by atoms with E-state index in [-0.39, 0.29) is 5.91 Å². The molecule has 4 heteroatoms. The second-order valence-corrected chi connectivity index (χ2v) is 6.49. The van der Waals surface area contributed by atoms with Crippen LogP contribution in [-0.2, 0) is 4.79 Å². The van der Waals surface area contributed by atoms with Crippen LogP contribution in [-0.4, -0.2) is 25.1 Å². The van der Waals surface area contributed by atoms with Gasteiger partial charge in [0.25, 0.3) is 0 Å². The zero-order valence-electron chi connectivity index (χ0n) is 13.1. The van der Waals surface area contributed by atoms with Gasteiger partial charge in [-0.05, 0) is 81.8 Å². The molecule has 1 unspecified atom stereocenters. The summed E-state index contributed by atoms with van der Waals surface area (Å²) in [5.41, 5.74) is 0.855. The van der Waals surface area contributed by atoms with Crippen LogP contribution in [0.2, 0.25) is 0 Å². The Labute approximate surface area is 132 Å². The molecule has 2 aliphatic rings. The number of nitrogens with one attached hydrogen (secondary N) is 2. The highest BCUT2D eigenvalue weighted by atomic mass is 16.5. The number of hydrogen-bond donors (Lipinski definition) is 2. The molecule has 0 spiro atoms. The Hall–Kier alpha value is -1.55. The average molecular weight is 302 g/mol. The van der Waals surface area contributed by atoms with Crippen LogP contribution in [0.1, 0.15) is 44.9 Å². The molecule has 1 aliphatic carbocycles. The molecule has 1 heterocycles. The molecule has 1 saturated heterocycles. The molecule has 4 nitrogen and oxygen atoms in total. The van der Waals surface area contributed by atoms with Crippen molar-refractivity contribution < 1.29 is 9.53 Å². The van der Waals surface area contributed by atoms with Crippen molar-refractivity contribution in [3.63, 3.8) is 0 Å². The lowest BCUT2D eigenvalue weighted by atomic mass is 10.0. The Kier molecular flexibility index (Phi) is 5.33. The second-order valence-electron chi connectivity index (χ2n) is 6.49. The maximum atomic E-state index is 12.0. The first-order chi connectivity index (χ1) is 10.8. The third-order valence-corrected chi connectivity index (χ3v) is 4.69. The molecule has 22 heavy (non-hydrogen) atoms. The summed E-state index contributed by atoms with van der Waals surface area (Å²) in [6.07, 6.45) is 8.02. The summed E-state index contributed by atoms with van der Waals surface area (Å²) in [5, 5.41) is 6.31. The molecule has 1 atom stereocenters. The fraction of sp³-hybridized carbons (Fsp3) is 0.611. The molecule has 1 saturated carbocycles. The molecule has 0 bridgehead atoms. The number of carbonyl (C=O) groups excluding carboxylic acids is 1. The number of carbonyl (C=O) groups is 1. The number of rotatable bonds is 6. The lowest BCUT2D eigenvalue weighted by Gasteiger charge is -2.13. The first kappa shape index (κ1) is 15.3. The molecular formula is C18H26N2O2. The quantitative estimate of drug-likeness (QED) is 0.847. The third-order valence-electron chi connectivity index (χ3n) is 4.69. The van der Waals surface area contributed by atoms with Crippen LogP contribution < -0.4 is 15.4 Å². The summed E-state index contributed by atoms with van der Waals surface area (Å²) in [6, 6.07) is 7.77. The molecule has 0 aromatic heterocycles. The van der Waals surface area contributed by atoms with Gasteiger partial charge in [0.15, 0.2) is 0 Å². The van der Waals surface area contributed by atoms with Gasteiger partial charge in [0.2, 0.25) is 5.91 Å². The van der Waals surface area contributed by atoms with Gasteiger partial charge in [-0.15, -0.1) is 0 Å². The zero-order chi connectivity index (χ0) is 15.2. The van der Waals surface area contributed by atoms with E-state index >= 15 is 0 Å². The van der Waals surface area contributed by atoms with E-state index in [1.165, 1.54) is 19.3 Å². The molecule has 1 aliphatic heterocycles. The molecule has 2 fully saturated rings. The number of ether oxygens (including phenoxy) is 1. The van der Waals surface area contributed by atoms with Crippen molar-refractivity contribution in [2.24, 2.45) is 5.92 Å². The van der Waals surface area contributed by atoms with Crippen molar-refractivity contribution in [2.45, 2.75) is 51.0 Å². The maximum Gasteiger partial charge on any atom is 0.224 e. The summed E-state index contributed by atoms with van der Waals surface area (Å²) in [6.45, 7) is 2.15. The van der Waals surface area contributed by atoms with Gasteiger partial charge >= 0.3 is 0 Å². The molecule has 0 radical (unpaired) electrons. The normalized spacial score (nSPS) is 21.9. The van der Waals surface area contributed by atoms with Crippen LogP contribution in [0.3, 0.4) is 0 Å². The summed E-state index contributed by atoms with van der Waals surface area (Å²) < 4.78 is 5.93. The largest absolute Gasteiger partial charge is 0.490 e. The highest BCUT2D eigenvalue weighted by Crippen LogP contribution is 2.25. The molecular weight excluding hydrogens is 276 g/mol. The van der Waals surface area contributed by atoms with Crippen molar-refractivity contribution in [2.75, 3.05) is 18.4 Å². The molecule has 2 N–H and O–H groups in total. The molecule has 1 amide bonds. The first-order valence-electron chi connectivity index (χ1n) is 8.57.